The molecule has 6 rings (SSSR count). The first-order chi connectivity index (χ1) is 24.6. The molecule has 0 spiro atoms. The number of amides is 4. The fraction of sp³-hybridized carbons (Fsp3) is 0.378. The SMILES string of the molecule is CC(NC(=O)c1ccc(-c2ccc(C[C@H](NC(=O)[C@H]3CC[C@H](CNC(=O)O)CC3)C(=O)Nc3ccc(-c4nnn[nH]4)cc3)cc2)c(Cl)c1)C1CC1. The number of carbonyl (C=O) groups is 4. The van der Waals surface area contributed by atoms with Crippen molar-refractivity contribution < 1.29 is 24.3 Å². The Hall–Kier alpha value is -5.30. The molecule has 6 N–H and O–H groups in total. The number of carbonyl (C=O) groups excluding carboxylic acids is 3. The van der Waals surface area contributed by atoms with Gasteiger partial charge >= 0.3 is 6.09 Å². The third-order valence-corrected chi connectivity index (χ3v) is 10.1. The van der Waals surface area contributed by atoms with Crippen LogP contribution in [0, 0.1) is 17.8 Å². The molecule has 2 aliphatic carbocycles. The highest BCUT2D eigenvalue weighted by Gasteiger charge is 2.31. The molecule has 2 saturated carbocycles. The molecule has 4 aromatic rings. The molecule has 14 heteroatoms. The molecular weight excluding hydrogens is 672 g/mol. The molecule has 1 unspecified atom stereocenters. The highest BCUT2D eigenvalue weighted by atomic mass is 35.5. The lowest BCUT2D eigenvalue weighted by Gasteiger charge is -2.29. The smallest absolute Gasteiger partial charge is 0.404 e. The molecule has 0 aliphatic heterocycles. The number of hydrogen-bond donors (Lipinski definition) is 6. The fourth-order valence-corrected chi connectivity index (χ4v) is 6.82. The number of anilines is 1. The van der Waals surface area contributed by atoms with Gasteiger partial charge in [0.05, 0.1) is 0 Å². The Kier molecular flexibility index (Phi) is 11.2. The van der Waals surface area contributed by atoms with Crippen molar-refractivity contribution in [3.63, 3.8) is 0 Å². The van der Waals surface area contributed by atoms with Crippen LogP contribution in [-0.2, 0) is 16.0 Å². The number of aromatic amines is 1. The van der Waals surface area contributed by atoms with Crippen molar-refractivity contribution >= 4 is 41.1 Å². The van der Waals surface area contributed by atoms with E-state index in [4.69, 9.17) is 16.7 Å². The molecule has 2 atom stereocenters. The maximum Gasteiger partial charge on any atom is 0.404 e. The lowest BCUT2D eigenvalue weighted by atomic mass is 9.81. The molecule has 266 valence electrons. The van der Waals surface area contributed by atoms with Crippen molar-refractivity contribution in [1.82, 2.24) is 36.6 Å². The van der Waals surface area contributed by atoms with Gasteiger partial charge in [-0.15, -0.1) is 5.10 Å². The zero-order chi connectivity index (χ0) is 35.9. The largest absolute Gasteiger partial charge is 0.465 e. The zero-order valence-electron chi connectivity index (χ0n) is 28.2. The highest BCUT2D eigenvalue weighted by Crippen LogP contribution is 2.33. The van der Waals surface area contributed by atoms with Crippen LogP contribution in [0.4, 0.5) is 10.5 Å². The van der Waals surface area contributed by atoms with E-state index in [9.17, 15) is 19.2 Å². The molecule has 0 saturated heterocycles. The summed E-state index contributed by atoms with van der Waals surface area (Å²) in [5.74, 6) is 0.234. The van der Waals surface area contributed by atoms with Crippen molar-refractivity contribution in [2.75, 3.05) is 11.9 Å². The molecule has 2 fully saturated rings. The zero-order valence-corrected chi connectivity index (χ0v) is 29.0. The summed E-state index contributed by atoms with van der Waals surface area (Å²) in [6.45, 7) is 2.39. The van der Waals surface area contributed by atoms with Crippen LogP contribution in [0.5, 0.6) is 0 Å². The summed E-state index contributed by atoms with van der Waals surface area (Å²) >= 11 is 6.65. The minimum Gasteiger partial charge on any atom is -0.465 e. The van der Waals surface area contributed by atoms with Crippen molar-refractivity contribution in [2.45, 2.75) is 64.0 Å². The summed E-state index contributed by atoms with van der Waals surface area (Å²) in [5.41, 5.74) is 4.26. The number of H-pyrrole nitrogens is 1. The molecule has 4 amide bonds. The Bertz CT molecular complexity index is 1840. The maximum absolute atomic E-state index is 13.7. The van der Waals surface area contributed by atoms with Crippen LogP contribution in [0.25, 0.3) is 22.5 Å². The second kappa shape index (κ2) is 16.2. The summed E-state index contributed by atoms with van der Waals surface area (Å²) in [4.78, 5) is 50.8. The Balaban J connectivity index is 1.13. The van der Waals surface area contributed by atoms with Crippen molar-refractivity contribution in [2.24, 2.45) is 17.8 Å². The first-order valence-electron chi connectivity index (χ1n) is 17.2. The Morgan fingerprint density at radius 1 is 0.902 bits per heavy atom. The first-order valence-corrected chi connectivity index (χ1v) is 17.6. The summed E-state index contributed by atoms with van der Waals surface area (Å²) < 4.78 is 0. The summed E-state index contributed by atoms with van der Waals surface area (Å²) in [7, 11) is 0. The number of nitrogens with zero attached hydrogens (tertiary/aromatic N) is 3. The van der Waals surface area contributed by atoms with E-state index in [0.717, 1.165) is 47.9 Å². The van der Waals surface area contributed by atoms with E-state index >= 15 is 0 Å². The highest BCUT2D eigenvalue weighted by molar-refractivity contribution is 6.33. The van der Waals surface area contributed by atoms with Crippen LogP contribution in [0.3, 0.4) is 0 Å². The van der Waals surface area contributed by atoms with Gasteiger partial charge < -0.3 is 26.4 Å². The number of nitrogens with one attached hydrogen (secondary N) is 5. The number of hydrogen-bond acceptors (Lipinski definition) is 7. The Labute approximate surface area is 300 Å². The minimum absolute atomic E-state index is 0.130. The number of benzene rings is 3. The molecule has 13 nitrogen and oxygen atoms in total. The summed E-state index contributed by atoms with van der Waals surface area (Å²) in [5, 5.41) is 34.6. The molecule has 2 aliphatic rings. The predicted molar refractivity (Wildman–Crippen MR) is 192 cm³/mol. The number of rotatable bonds is 13. The fourth-order valence-electron chi connectivity index (χ4n) is 6.53. The van der Waals surface area contributed by atoms with Crippen LogP contribution in [-0.4, -0.2) is 68.2 Å². The third-order valence-electron chi connectivity index (χ3n) is 9.79. The van der Waals surface area contributed by atoms with E-state index in [0.29, 0.717) is 47.4 Å². The number of aromatic nitrogens is 4. The predicted octanol–water partition coefficient (Wildman–Crippen LogP) is 5.46. The summed E-state index contributed by atoms with van der Waals surface area (Å²) in [6.07, 6.45) is 4.13. The molecule has 1 heterocycles. The number of carboxylic acid groups (broad SMARTS) is 1. The molecular formula is C37H41ClN8O5. The lowest BCUT2D eigenvalue weighted by Crippen LogP contribution is -2.48. The van der Waals surface area contributed by atoms with E-state index in [2.05, 4.69) is 41.9 Å². The number of tetrazole rings is 1. The average molecular weight is 713 g/mol. The minimum atomic E-state index is -1.06. The standard InChI is InChI=1S/C37H41ClN8O5/c1-21(24-10-11-24)40-35(48)28-14-17-30(31(38)19-28)25-6-2-22(3-7-25)18-32(42-34(47)27-8-4-23(5-9-27)20-39-37(50)51)36(49)41-29-15-12-26(13-16-29)33-43-45-46-44-33/h2-3,6-7,12-17,19,21,23-24,27,32,39H,4-5,8-11,18,20H2,1H3,(H,40,48)(H,41,49)(H,42,47)(H,50,51)(H,43,44,45,46)/t21?,23-,27-,32-/m0/s1. The van der Waals surface area contributed by atoms with Gasteiger partial charge in [-0.05, 0) is 115 Å². The number of halogens is 1. The van der Waals surface area contributed by atoms with E-state index in [1.807, 2.05) is 37.3 Å². The first kappa shape index (κ1) is 35.5. The normalized spacial score (nSPS) is 18.2. The van der Waals surface area contributed by atoms with Crippen molar-refractivity contribution in [3.8, 4) is 22.5 Å². The second-order valence-electron chi connectivity index (χ2n) is 13.5. The van der Waals surface area contributed by atoms with E-state index in [-0.39, 0.29) is 42.0 Å². The van der Waals surface area contributed by atoms with Gasteiger partial charge in [0.15, 0.2) is 5.82 Å². The molecule has 1 aromatic heterocycles. The van der Waals surface area contributed by atoms with Gasteiger partial charge in [-0.2, -0.15) is 0 Å². The van der Waals surface area contributed by atoms with Crippen LogP contribution < -0.4 is 21.3 Å². The Morgan fingerprint density at radius 2 is 1.61 bits per heavy atom. The van der Waals surface area contributed by atoms with Crippen LogP contribution in [0.1, 0.15) is 61.4 Å². The quantitative estimate of drug-likeness (QED) is 0.105. The monoisotopic (exact) mass is 712 g/mol. The topological polar surface area (TPSA) is 191 Å². The van der Waals surface area contributed by atoms with Crippen LogP contribution in [0.15, 0.2) is 66.7 Å². The van der Waals surface area contributed by atoms with E-state index in [1.54, 1.807) is 36.4 Å². The van der Waals surface area contributed by atoms with Gasteiger partial charge in [-0.3, -0.25) is 14.4 Å². The molecule has 0 radical (unpaired) electrons. The lowest BCUT2D eigenvalue weighted by molar-refractivity contribution is -0.130. The average Bonchev–Trinajstić information content (AvgIpc) is 3.85. The van der Waals surface area contributed by atoms with Gasteiger partial charge in [0, 0.05) is 52.3 Å². The van der Waals surface area contributed by atoms with Gasteiger partial charge in [-0.1, -0.05) is 41.9 Å². The van der Waals surface area contributed by atoms with Gasteiger partial charge in [0.2, 0.25) is 11.8 Å². The van der Waals surface area contributed by atoms with Gasteiger partial charge in [0.25, 0.3) is 5.91 Å². The Morgan fingerprint density at radius 3 is 2.24 bits per heavy atom. The molecule has 3 aromatic carbocycles. The molecule has 0 bridgehead atoms. The van der Waals surface area contributed by atoms with Crippen molar-refractivity contribution in [3.05, 3.63) is 82.9 Å². The van der Waals surface area contributed by atoms with Crippen LogP contribution in [0.2, 0.25) is 5.02 Å². The van der Waals surface area contributed by atoms with Crippen LogP contribution >= 0.6 is 11.6 Å². The third kappa shape index (κ3) is 9.48. The maximum atomic E-state index is 13.7. The summed E-state index contributed by atoms with van der Waals surface area (Å²) in [6, 6.07) is 19.2. The van der Waals surface area contributed by atoms with Gasteiger partial charge in [0.1, 0.15) is 6.04 Å². The van der Waals surface area contributed by atoms with E-state index < -0.39 is 12.1 Å². The van der Waals surface area contributed by atoms with E-state index in [1.165, 1.54) is 0 Å². The second-order valence-corrected chi connectivity index (χ2v) is 13.9. The van der Waals surface area contributed by atoms with Gasteiger partial charge in [-0.25, -0.2) is 9.89 Å². The molecule has 51 heavy (non-hydrogen) atoms. The van der Waals surface area contributed by atoms with Crippen molar-refractivity contribution in [1.29, 1.82) is 0 Å².